The van der Waals surface area contributed by atoms with Gasteiger partial charge in [0.2, 0.25) is 0 Å². The Kier molecular flexibility index (Phi) is 6.66. The SMILES string of the molecule is COc1cnc2c(Oc3ccc(CC(=O)c4c[nH]c(C)c(-c5ccc(F)cc5)c4=O)cc3F)ccnc2c1. The van der Waals surface area contributed by atoms with Gasteiger partial charge in [0.05, 0.1) is 24.4 Å². The van der Waals surface area contributed by atoms with E-state index in [4.69, 9.17) is 9.47 Å². The largest absolute Gasteiger partial charge is 0.495 e. The van der Waals surface area contributed by atoms with Crippen LogP contribution in [0, 0.1) is 18.6 Å². The summed E-state index contributed by atoms with van der Waals surface area (Å²) in [6, 6.07) is 12.9. The summed E-state index contributed by atoms with van der Waals surface area (Å²) in [5.74, 6) is -0.824. The van der Waals surface area contributed by atoms with Crippen LogP contribution in [0.25, 0.3) is 22.2 Å². The Balaban J connectivity index is 1.38. The average molecular weight is 514 g/mol. The van der Waals surface area contributed by atoms with Crippen LogP contribution in [0.4, 0.5) is 8.78 Å². The van der Waals surface area contributed by atoms with Crippen molar-refractivity contribution in [3.63, 3.8) is 0 Å². The minimum atomic E-state index is -0.682. The third-order valence-corrected chi connectivity index (χ3v) is 6.05. The van der Waals surface area contributed by atoms with Crippen LogP contribution in [0.3, 0.4) is 0 Å². The van der Waals surface area contributed by atoms with Gasteiger partial charge in [0, 0.05) is 42.2 Å². The number of rotatable bonds is 7. The Morgan fingerprint density at radius 2 is 1.79 bits per heavy atom. The number of aromatic amines is 1. The number of nitrogens with one attached hydrogen (secondary N) is 1. The van der Waals surface area contributed by atoms with Crippen molar-refractivity contribution in [2.45, 2.75) is 13.3 Å². The maximum Gasteiger partial charge on any atom is 0.200 e. The van der Waals surface area contributed by atoms with Crippen molar-refractivity contribution in [3.8, 4) is 28.4 Å². The highest BCUT2D eigenvalue weighted by Gasteiger charge is 2.18. The van der Waals surface area contributed by atoms with Crippen molar-refractivity contribution >= 4 is 16.8 Å². The molecule has 0 amide bonds. The van der Waals surface area contributed by atoms with E-state index >= 15 is 0 Å². The second-order valence-electron chi connectivity index (χ2n) is 8.56. The summed E-state index contributed by atoms with van der Waals surface area (Å²) < 4.78 is 39.2. The van der Waals surface area contributed by atoms with Gasteiger partial charge in [-0.15, -0.1) is 0 Å². The van der Waals surface area contributed by atoms with Gasteiger partial charge in [-0.25, -0.2) is 13.8 Å². The molecule has 1 N–H and O–H groups in total. The highest BCUT2D eigenvalue weighted by Crippen LogP contribution is 2.31. The van der Waals surface area contributed by atoms with Gasteiger partial charge in [-0.3, -0.25) is 14.6 Å². The Hall–Kier alpha value is -4.92. The fourth-order valence-corrected chi connectivity index (χ4v) is 4.11. The third kappa shape index (κ3) is 4.86. The molecule has 0 bridgehead atoms. The zero-order valence-electron chi connectivity index (χ0n) is 20.4. The Morgan fingerprint density at radius 3 is 2.53 bits per heavy atom. The number of ether oxygens (including phenoxy) is 2. The molecule has 5 aromatic rings. The number of carbonyl (C=O) groups excluding carboxylic acids is 1. The number of H-pyrrole nitrogens is 1. The van der Waals surface area contributed by atoms with Crippen LogP contribution >= 0.6 is 0 Å². The first-order valence-corrected chi connectivity index (χ1v) is 11.6. The molecule has 0 fully saturated rings. The number of benzene rings is 2. The smallest absolute Gasteiger partial charge is 0.200 e. The zero-order chi connectivity index (χ0) is 26.8. The van der Waals surface area contributed by atoms with E-state index in [1.165, 1.54) is 62.1 Å². The topological polar surface area (TPSA) is 94.2 Å². The second kappa shape index (κ2) is 10.2. The lowest BCUT2D eigenvalue weighted by Crippen LogP contribution is -2.20. The molecule has 0 atom stereocenters. The summed E-state index contributed by atoms with van der Waals surface area (Å²) >= 11 is 0. The van der Waals surface area contributed by atoms with Crippen LogP contribution in [0.15, 0.2) is 78.0 Å². The van der Waals surface area contributed by atoms with E-state index in [0.29, 0.717) is 39.4 Å². The minimum absolute atomic E-state index is 0.0573. The van der Waals surface area contributed by atoms with Gasteiger partial charge in [0.25, 0.3) is 0 Å². The summed E-state index contributed by atoms with van der Waals surface area (Å²) in [6.45, 7) is 1.69. The van der Waals surface area contributed by atoms with E-state index in [0.717, 1.165) is 0 Å². The number of hydrogen-bond donors (Lipinski definition) is 1. The summed E-state index contributed by atoms with van der Waals surface area (Å²) in [6.07, 6.45) is 4.17. The zero-order valence-corrected chi connectivity index (χ0v) is 20.4. The molecule has 38 heavy (non-hydrogen) atoms. The molecule has 5 rings (SSSR count). The molecule has 0 unspecified atom stereocenters. The lowest BCUT2D eigenvalue weighted by molar-refractivity contribution is 0.0991. The van der Waals surface area contributed by atoms with Gasteiger partial charge >= 0.3 is 0 Å². The molecule has 0 saturated carbocycles. The maximum atomic E-state index is 15.0. The van der Waals surface area contributed by atoms with Crippen molar-refractivity contribution in [3.05, 3.63) is 112 Å². The summed E-state index contributed by atoms with van der Waals surface area (Å²) in [4.78, 5) is 37.6. The second-order valence-corrected chi connectivity index (χ2v) is 8.56. The van der Waals surface area contributed by atoms with Crippen LogP contribution in [0.2, 0.25) is 0 Å². The Labute approximate surface area is 215 Å². The summed E-state index contributed by atoms with van der Waals surface area (Å²) in [7, 11) is 1.52. The first-order chi connectivity index (χ1) is 18.3. The highest BCUT2D eigenvalue weighted by atomic mass is 19.1. The van der Waals surface area contributed by atoms with Crippen LogP contribution in [0.5, 0.6) is 17.2 Å². The number of fused-ring (bicyclic) bond motifs is 1. The number of hydrogen-bond acceptors (Lipinski definition) is 6. The molecule has 0 aliphatic carbocycles. The highest BCUT2D eigenvalue weighted by molar-refractivity contribution is 5.98. The number of nitrogens with zero attached hydrogens (tertiary/aromatic N) is 2. The van der Waals surface area contributed by atoms with Crippen molar-refractivity contribution < 1.29 is 23.0 Å². The number of methoxy groups -OCH3 is 1. The van der Waals surface area contributed by atoms with Gasteiger partial charge in [-0.05, 0) is 42.3 Å². The Morgan fingerprint density at radius 1 is 1.00 bits per heavy atom. The fourth-order valence-electron chi connectivity index (χ4n) is 4.11. The first-order valence-electron chi connectivity index (χ1n) is 11.6. The monoisotopic (exact) mass is 513 g/mol. The number of Topliss-reactive ketones (excluding diaryl/α,β-unsaturated/α-hetero) is 1. The van der Waals surface area contributed by atoms with E-state index in [1.54, 1.807) is 25.1 Å². The van der Waals surface area contributed by atoms with E-state index in [9.17, 15) is 18.4 Å². The molecular formula is C29H21F2N3O4. The predicted molar refractivity (Wildman–Crippen MR) is 138 cm³/mol. The molecule has 0 aliphatic heterocycles. The molecule has 0 saturated heterocycles. The van der Waals surface area contributed by atoms with E-state index in [1.807, 2.05) is 0 Å². The lowest BCUT2D eigenvalue weighted by Gasteiger charge is -2.11. The molecule has 190 valence electrons. The molecule has 0 spiro atoms. The van der Waals surface area contributed by atoms with Crippen molar-refractivity contribution in [2.75, 3.05) is 7.11 Å². The molecule has 3 heterocycles. The average Bonchev–Trinajstić information content (AvgIpc) is 2.91. The number of pyridine rings is 3. The van der Waals surface area contributed by atoms with Crippen molar-refractivity contribution in [1.29, 1.82) is 0 Å². The predicted octanol–water partition coefficient (Wildman–Crippen LogP) is 5.80. The quantitative estimate of drug-likeness (QED) is 0.277. The summed E-state index contributed by atoms with van der Waals surface area (Å²) in [5, 5.41) is 0. The van der Waals surface area contributed by atoms with Crippen LogP contribution < -0.4 is 14.9 Å². The van der Waals surface area contributed by atoms with Gasteiger partial charge in [0.1, 0.15) is 17.1 Å². The van der Waals surface area contributed by atoms with E-state index in [2.05, 4.69) is 15.0 Å². The molecule has 9 heteroatoms. The molecule has 0 aliphatic rings. The molecule has 3 aromatic heterocycles. The van der Waals surface area contributed by atoms with Gasteiger partial charge in [0.15, 0.2) is 28.5 Å². The van der Waals surface area contributed by atoms with Crippen LogP contribution in [-0.4, -0.2) is 27.8 Å². The molecular weight excluding hydrogens is 492 g/mol. The Bertz CT molecular complexity index is 1730. The van der Waals surface area contributed by atoms with Crippen LogP contribution in [-0.2, 0) is 6.42 Å². The van der Waals surface area contributed by atoms with Crippen molar-refractivity contribution in [1.82, 2.24) is 15.0 Å². The fraction of sp³-hybridized carbons (Fsp3) is 0.103. The number of halogens is 2. The van der Waals surface area contributed by atoms with Crippen molar-refractivity contribution in [2.24, 2.45) is 0 Å². The number of aromatic nitrogens is 3. The minimum Gasteiger partial charge on any atom is -0.495 e. The third-order valence-electron chi connectivity index (χ3n) is 6.05. The number of aryl methyl sites for hydroxylation is 1. The van der Waals surface area contributed by atoms with Gasteiger partial charge in [-0.1, -0.05) is 18.2 Å². The maximum absolute atomic E-state index is 15.0. The van der Waals surface area contributed by atoms with E-state index in [-0.39, 0.29) is 23.3 Å². The summed E-state index contributed by atoms with van der Waals surface area (Å²) in [5.41, 5.74) is 2.08. The standard InChI is InChI=1S/C29H21F2N3O4/c1-16-27(18-4-6-19(30)7-5-18)29(36)21(15-33-16)24(35)12-17-3-8-25(22(31)11-17)38-26-9-10-32-23-13-20(37-2)14-34-28(23)26/h3-11,13-15H,12H2,1-2H3,(H,33,36). The molecule has 2 aromatic carbocycles. The molecule has 7 nitrogen and oxygen atoms in total. The lowest BCUT2D eigenvalue weighted by atomic mass is 9.98. The van der Waals surface area contributed by atoms with Gasteiger partial charge in [-0.2, -0.15) is 0 Å². The van der Waals surface area contributed by atoms with Gasteiger partial charge < -0.3 is 14.5 Å². The first kappa shape index (κ1) is 24.8. The molecule has 0 radical (unpaired) electrons. The van der Waals surface area contributed by atoms with E-state index < -0.39 is 22.8 Å². The van der Waals surface area contributed by atoms with Crippen LogP contribution in [0.1, 0.15) is 21.6 Å². The normalized spacial score (nSPS) is 10.9. The number of ketones is 1. The number of carbonyl (C=O) groups is 1.